The number of aromatic nitrogens is 1. The number of carbonyl (C=O) groups excluding carboxylic acids is 1. The Morgan fingerprint density at radius 3 is 2.41 bits per heavy atom. The monoisotopic (exact) mass is 511 g/mol. The average molecular weight is 512 g/mol. The number of allylic oxidation sites excluding steroid dienone is 1. The minimum Gasteiger partial charge on any atom is -0.497 e. The predicted molar refractivity (Wildman–Crippen MR) is 145 cm³/mol. The Morgan fingerprint density at radius 2 is 1.68 bits per heavy atom. The summed E-state index contributed by atoms with van der Waals surface area (Å²) >= 11 is 1.29. The Balaban J connectivity index is 1.68. The van der Waals surface area contributed by atoms with Crippen LogP contribution in [0, 0.1) is 0 Å². The van der Waals surface area contributed by atoms with Gasteiger partial charge in [0.15, 0.2) is 4.80 Å². The lowest BCUT2D eigenvalue weighted by atomic mass is 9.95. The van der Waals surface area contributed by atoms with E-state index < -0.39 is 6.04 Å². The Morgan fingerprint density at radius 1 is 0.973 bits per heavy atom. The van der Waals surface area contributed by atoms with Crippen LogP contribution in [0.3, 0.4) is 0 Å². The summed E-state index contributed by atoms with van der Waals surface area (Å²) in [6.07, 6.45) is 1.82. The van der Waals surface area contributed by atoms with Gasteiger partial charge in [-0.3, -0.25) is 14.2 Å². The van der Waals surface area contributed by atoms with Crippen LogP contribution in [0.2, 0.25) is 0 Å². The number of methoxy groups -OCH3 is 2. The molecule has 1 aromatic heterocycles. The highest BCUT2D eigenvalue weighted by Gasteiger charge is 2.32. The van der Waals surface area contributed by atoms with E-state index >= 15 is 0 Å². The summed E-state index contributed by atoms with van der Waals surface area (Å²) < 4.78 is 12.9. The van der Waals surface area contributed by atoms with Gasteiger partial charge in [0, 0.05) is 5.69 Å². The molecule has 0 radical (unpaired) electrons. The Bertz CT molecular complexity index is 1690. The first kappa shape index (κ1) is 24.3. The van der Waals surface area contributed by atoms with Crippen LogP contribution in [0.25, 0.3) is 6.08 Å². The van der Waals surface area contributed by atoms with Crippen LogP contribution < -0.4 is 29.7 Å². The average Bonchev–Trinajstić information content (AvgIpc) is 3.22. The van der Waals surface area contributed by atoms with Crippen molar-refractivity contribution in [1.29, 1.82) is 0 Å². The topological polar surface area (TPSA) is 81.9 Å². The number of para-hydroxylation sites is 1. The lowest BCUT2D eigenvalue weighted by Crippen LogP contribution is -2.40. The molecule has 8 heteroatoms. The van der Waals surface area contributed by atoms with Gasteiger partial charge < -0.3 is 14.8 Å². The number of hydrogen-bond donors (Lipinski definition) is 1. The molecule has 186 valence electrons. The van der Waals surface area contributed by atoms with Gasteiger partial charge in [0.25, 0.3) is 11.5 Å². The lowest BCUT2D eigenvalue weighted by molar-refractivity contribution is -0.113. The van der Waals surface area contributed by atoms with Gasteiger partial charge in [-0.2, -0.15) is 0 Å². The summed E-state index contributed by atoms with van der Waals surface area (Å²) in [5.41, 5.74) is 2.97. The minimum absolute atomic E-state index is 0.225. The van der Waals surface area contributed by atoms with Gasteiger partial charge in [-0.1, -0.05) is 53.8 Å². The maximum absolute atomic E-state index is 13.8. The van der Waals surface area contributed by atoms with Gasteiger partial charge in [-0.05, 0) is 60.5 Å². The van der Waals surface area contributed by atoms with E-state index in [1.807, 2.05) is 84.9 Å². The number of fused-ring (bicyclic) bond motifs is 1. The maximum atomic E-state index is 13.8. The molecule has 1 amide bonds. The highest BCUT2D eigenvalue weighted by atomic mass is 32.1. The molecule has 0 spiro atoms. The molecule has 1 aliphatic rings. The maximum Gasteiger partial charge on any atom is 0.271 e. The van der Waals surface area contributed by atoms with Crippen molar-refractivity contribution >= 4 is 29.0 Å². The van der Waals surface area contributed by atoms with Crippen LogP contribution in [0.1, 0.15) is 24.1 Å². The third-order valence-electron chi connectivity index (χ3n) is 6.10. The zero-order valence-corrected chi connectivity index (χ0v) is 21.4. The third kappa shape index (κ3) is 4.83. The third-order valence-corrected chi connectivity index (χ3v) is 7.08. The molecule has 2 heterocycles. The predicted octanol–water partition coefficient (Wildman–Crippen LogP) is 3.89. The van der Waals surface area contributed by atoms with Crippen molar-refractivity contribution in [2.24, 2.45) is 4.99 Å². The molecule has 4 aromatic rings. The summed E-state index contributed by atoms with van der Waals surface area (Å²) in [5, 5.41) is 2.96. The normalized spacial score (nSPS) is 15.1. The summed E-state index contributed by atoms with van der Waals surface area (Å²) in [4.78, 5) is 32.6. The highest BCUT2D eigenvalue weighted by molar-refractivity contribution is 7.07. The van der Waals surface area contributed by atoms with Crippen molar-refractivity contribution in [2.45, 2.75) is 13.0 Å². The van der Waals surface area contributed by atoms with E-state index in [4.69, 9.17) is 9.47 Å². The van der Waals surface area contributed by atoms with E-state index in [9.17, 15) is 9.59 Å². The molecule has 37 heavy (non-hydrogen) atoms. The molecule has 1 aliphatic heterocycles. The van der Waals surface area contributed by atoms with Crippen molar-refractivity contribution in [3.8, 4) is 11.5 Å². The van der Waals surface area contributed by atoms with Crippen LogP contribution in [0.15, 0.2) is 99.9 Å². The van der Waals surface area contributed by atoms with Gasteiger partial charge in [0.05, 0.1) is 36.1 Å². The number of rotatable bonds is 6. The molecule has 0 unspecified atom stereocenters. The van der Waals surface area contributed by atoms with Crippen molar-refractivity contribution < 1.29 is 14.3 Å². The first-order chi connectivity index (χ1) is 18.0. The SMILES string of the molecule is COc1cccc(/C=c2/sc3n(c2=O)[C@@H](c2cccc(OC)c2)C(C(=O)Nc2ccccc2)=C(C)N=3)c1. The standard InChI is InChI=1S/C29H25N3O4S/c1-18-25(27(33)31-21-11-5-4-6-12-21)26(20-10-8-14-23(17-20)36-3)32-28(34)24(37-29(32)30-18)16-19-9-7-13-22(15-19)35-2/h4-17,26H,1-3H3,(H,31,33)/b24-16+/t26-/m0/s1. The van der Waals surface area contributed by atoms with Crippen molar-refractivity contribution in [3.63, 3.8) is 0 Å². The van der Waals surface area contributed by atoms with Gasteiger partial charge in [0.2, 0.25) is 0 Å². The largest absolute Gasteiger partial charge is 0.497 e. The molecular weight excluding hydrogens is 486 g/mol. The van der Waals surface area contributed by atoms with Crippen LogP contribution in [0.5, 0.6) is 11.5 Å². The number of ether oxygens (including phenoxy) is 2. The Labute approximate surface area is 217 Å². The second kappa shape index (κ2) is 10.3. The number of amides is 1. The van der Waals surface area contributed by atoms with Crippen LogP contribution in [0.4, 0.5) is 5.69 Å². The van der Waals surface area contributed by atoms with Gasteiger partial charge in [-0.15, -0.1) is 0 Å². The van der Waals surface area contributed by atoms with E-state index in [1.165, 1.54) is 11.3 Å². The van der Waals surface area contributed by atoms with E-state index in [0.29, 0.717) is 37.8 Å². The number of carbonyl (C=O) groups is 1. The molecule has 3 aromatic carbocycles. The molecule has 7 nitrogen and oxygen atoms in total. The number of benzene rings is 3. The van der Waals surface area contributed by atoms with Crippen LogP contribution in [-0.2, 0) is 4.79 Å². The fraction of sp³-hybridized carbons (Fsp3) is 0.138. The van der Waals surface area contributed by atoms with Gasteiger partial charge in [-0.25, -0.2) is 4.99 Å². The number of nitrogens with one attached hydrogen (secondary N) is 1. The van der Waals surface area contributed by atoms with Gasteiger partial charge in [0.1, 0.15) is 11.5 Å². The molecule has 0 saturated heterocycles. The summed E-state index contributed by atoms with van der Waals surface area (Å²) in [7, 11) is 3.19. The number of nitrogens with zero attached hydrogens (tertiary/aromatic N) is 2. The zero-order chi connectivity index (χ0) is 25.9. The minimum atomic E-state index is -0.678. The summed E-state index contributed by atoms with van der Waals surface area (Å²) in [6, 6.07) is 23.4. The van der Waals surface area contributed by atoms with Crippen LogP contribution in [-0.4, -0.2) is 24.7 Å². The molecule has 0 fully saturated rings. The van der Waals surface area contributed by atoms with Crippen molar-refractivity contribution in [3.05, 3.63) is 121 Å². The Hall–Kier alpha value is -4.43. The summed E-state index contributed by atoms with van der Waals surface area (Å²) in [5.74, 6) is 1.02. The molecule has 0 saturated carbocycles. The number of hydrogen-bond acceptors (Lipinski definition) is 6. The molecule has 5 rings (SSSR count). The lowest BCUT2D eigenvalue weighted by Gasteiger charge is -2.25. The first-order valence-electron chi connectivity index (χ1n) is 11.7. The number of thiazole rings is 1. The van der Waals surface area contributed by atoms with Crippen LogP contribution >= 0.6 is 11.3 Å². The zero-order valence-electron chi connectivity index (χ0n) is 20.6. The molecule has 1 atom stereocenters. The summed E-state index contributed by atoms with van der Waals surface area (Å²) in [6.45, 7) is 1.80. The molecule has 0 aliphatic carbocycles. The fourth-order valence-electron chi connectivity index (χ4n) is 4.34. The van der Waals surface area contributed by atoms with Crippen molar-refractivity contribution in [1.82, 2.24) is 4.57 Å². The van der Waals surface area contributed by atoms with E-state index in [1.54, 1.807) is 25.7 Å². The first-order valence-corrected chi connectivity index (χ1v) is 12.5. The molecular formula is C29H25N3O4S. The molecule has 1 N–H and O–H groups in total. The van der Waals surface area contributed by atoms with E-state index in [-0.39, 0.29) is 11.5 Å². The van der Waals surface area contributed by atoms with E-state index in [0.717, 1.165) is 11.1 Å². The second-order valence-electron chi connectivity index (χ2n) is 8.46. The second-order valence-corrected chi connectivity index (χ2v) is 9.46. The fourth-order valence-corrected chi connectivity index (χ4v) is 5.39. The number of anilines is 1. The van der Waals surface area contributed by atoms with Crippen molar-refractivity contribution in [2.75, 3.05) is 19.5 Å². The quantitative estimate of drug-likeness (QED) is 0.426. The Kier molecular flexibility index (Phi) is 6.74. The smallest absolute Gasteiger partial charge is 0.271 e. The molecule has 0 bridgehead atoms. The highest BCUT2D eigenvalue weighted by Crippen LogP contribution is 2.32. The van der Waals surface area contributed by atoms with E-state index in [2.05, 4.69) is 10.3 Å². The van der Waals surface area contributed by atoms with Gasteiger partial charge >= 0.3 is 0 Å².